The minimum Gasteiger partial charge on any atom is -0.493 e. The summed E-state index contributed by atoms with van der Waals surface area (Å²) in [7, 11) is 0. The van der Waals surface area contributed by atoms with Gasteiger partial charge in [-0.1, -0.05) is 30.3 Å². The fraction of sp³-hybridized carbons (Fsp3) is 0.300. The topological polar surface area (TPSA) is 55.4 Å². The molecular weight excluding hydrogens is 391 g/mol. The lowest BCUT2D eigenvalue weighted by atomic mass is 10.1. The van der Waals surface area contributed by atoms with Gasteiger partial charge in [0.15, 0.2) is 0 Å². The van der Waals surface area contributed by atoms with E-state index >= 15 is 0 Å². The summed E-state index contributed by atoms with van der Waals surface area (Å²) in [6.45, 7) is 0.246. The second-order valence-corrected chi connectivity index (χ2v) is 7.04. The zero-order valence-electron chi connectivity index (χ0n) is 15.2. The molecule has 0 saturated carbocycles. The SMILES string of the molecule is CSC(Cc1ccc(OCCc2cccc(C(F)(F)F)c2)cc1)C(=O)NC=O. The number of hydrogen-bond acceptors (Lipinski definition) is 4. The van der Waals surface area contributed by atoms with Crippen LogP contribution in [0.2, 0.25) is 0 Å². The van der Waals surface area contributed by atoms with Crippen LogP contribution in [0.15, 0.2) is 48.5 Å². The van der Waals surface area contributed by atoms with E-state index in [0.29, 0.717) is 30.6 Å². The molecule has 1 unspecified atom stereocenters. The molecule has 0 radical (unpaired) electrons. The van der Waals surface area contributed by atoms with Crippen molar-refractivity contribution in [2.24, 2.45) is 0 Å². The highest BCUT2D eigenvalue weighted by molar-refractivity contribution is 7.99. The fourth-order valence-corrected chi connectivity index (χ4v) is 3.20. The molecule has 0 aliphatic carbocycles. The Labute approximate surface area is 165 Å². The minimum absolute atomic E-state index is 0.246. The molecule has 28 heavy (non-hydrogen) atoms. The average Bonchev–Trinajstić information content (AvgIpc) is 2.67. The molecule has 0 heterocycles. The van der Waals surface area contributed by atoms with E-state index in [1.54, 1.807) is 24.5 Å². The molecule has 150 valence electrons. The predicted molar refractivity (Wildman–Crippen MR) is 102 cm³/mol. The van der Waals surface area contributed by atoms with Gasteiger partial charge in [-0.15, -0.1) is 0 Å². The van der Waals surface area contributed by atoms with Gasteiger partial charge < -0.3 is 4.74 Å². The number of alkyl halides is 3. The standard InChI is InChI=1S/C20H20F3NO3S/c1-28-18(19(26)24-13-25)12-15-5-7-17(8-6-15)27-10-9-14-3-2-4-16(11-14)20(21,22)23/h2-8,11,13,18H,9-10,12H2,1H3,(H,24,25,26). The van der Waals surface area contributed by atoms with Gasteiger partial charge in [0, 0.05) is 6.42 Å². The number of carbonyl (C=O) groups excluding carboxylic acids is 2. The maximum absolute atomic E-state index is 12.7. The Balaban J connectivity index is 1.87. The Hall–Kier alpha value is -2.48. The highest BCUT2D eigenvalue weighted by Gasteiger charge is 2.30. The number of nitrogens with one attached hydrogen (secondary N) is 1. The van der Waals surface area contributed by atoms with Crippen molar-refractivity contribution in [2.75, 3.05) is 12.9 Å². The largest absolute Gasteiger partial charge is 0.493 e. The van der Waals surface area contributed by atoms with Gasteiger partial charge in [0.1, 0.15) is 5.75 Å². The van der Waals surface area contributed by atoms with Gasteiger partial charge in [0.25, 0.3) is 0 Å². The molecule has 4 nitrogen and oxygen atoms in total. The molecule has 0 saturated heterocycles. The first-order chi connectivity index (χ1) is 13.3. The highest BCUT2D eigenvalue weighted by atomic mass is 32.2. The van der Waals surface area contributed by atoms with E-state index < -0.39 is 11.7 Å². The van der Waals surface area contributed by atoms with Crippen LogP contribution in [0.1, 0.15) is 16.7 Å². The van der Waals surface area contributed by atoms with Crippen LogP contribution >= 0.6 is 11.8 Å². The highest BCUT2D eigenvalue weighted by Crippen LogP contribution is 2.29. The molecule has 1 atom stereocenters. The van der Waals surface area contributed by atoms with E-state index in [1.165, 1.54) is 17.8 Å². The lowest BCUT2D eigenvalue weighted by Gasteiger charge is -2.13. The summed E-state index contributed by atoms with van der Waals surface area (Å²) in [5.74, 6) is 0.248. The monoisotopic (exact) mass is 411 g/mol. The van der Waals surface area contributed by atoms with Crippen LogP contribution < -0.4 is 10.1 Å². The van der Waals surface area contributed by atoms with Crippen molar-refractivity contribution in [1.29, 1.82) is 0 Å². The quantitative estimate of drug-likeness (QED) is 0.637. The summed E-state index contributed by atoms with van der Waals surface area (Å²) in [4.78, 5) is 22.1. The molecule has 2 amide bonds. The third-order valence-electron chi connectivity index (χ3n) is 4.04. The van der Waals surface area contributed by atoms with Crippen molar-refractivity contribution in [2.45, 2.75) is 24.3 Å². The lowest BCUT2D eigenvalue weighted by molar-refractivity contribution is -0.137. The maximum atomic E-state index is 12.7. The Morgan fingerprint density at radius 2 is 1.89 bits per heavy atom. The smallest absolute Gasteiger partial charge is 0.416 e. The van der Waals surface area contributed by atoms with Gasteiger partial charge in [0.2, 0.25) is 12.3 Å². The first kappa shape index (κ1) is 21.8. The lowest BCUT2D eigenvalue weighted by Crippen LogP contribution is -2.32. The molecule has 0 bridgehead atoms. The third kappa shape index (κ3) is 6.60. The van der Waals surface area contributed by atoms with Crippen LogP contribution in [-0.4, -0.2) is 30.4 Å². The number of halogens is 3. The number of thioether (sulfide) groups is 1. The van der Waals surface area contributed by atoms with E-state index in [1.807, 2.05) is 12.1 Å². The minimum atomic E-state index is -4.36. The van der Waals surface area contributed by atoms with Gasteiger partial charge in [-0.25, -0.2) is 0 Å². The number of rotatable bonds is 9. The van der Waals surface area contributed by atoms with Crippen molar-refractivity contribution in [3.05, 3.63) is 65.2 Å². The Bertz CT molecular complexity index is 794. The molecule has 0 fully saturated rings. The molecule has 2 rings (SSSR count). The molecule has 2 aromatic rings. The molecule has 2 aromatic carbocycles. The fourth-order valence-electron chi connectivity index (χ4n) is 2.56. The number of amides is 2. The Morgan fingerprint density at radius 3 is 2.50 bits per heavy atom. The van der Waals surface area contributed by atoms with Crippen LogP contribution in [0.25, 0.3) is 0 Å². The number of benzene rings is 2. The van der Waals surface area contributed by atoms with Crippen molar-refractivity contribution in [3.8, 4) is 5.75 Å². The summed E-state index contributed by atoms with van der Waals surface area (Å²) in [5.41, 5.74) is 0.789. The van der Waals surface area contributed by atoms with Gasteiger partial charge in [-0.3, -0.25) is 14.9 Å². The molecule has 0 spiro atoms. The van der Waals surface area contributed by atoms with Crippen LogP contribution in [-0.2, 0) is 28.6 Å². The molecule has 8 heteroatoms. The van der Waals surface area contributed by atoms with E-state index in [2.05, 4.69) is 5.32 Å². The number of carbonyl (C=O) groups is 2. The molecular formula is C20H20F3NO3S. The van der Waals surface area contributed by atoms with Crippen molar-refractivity contribution < 1.29 is 27.5 Å². The average molecular weight is 411 g/mol. The van der Waals surface area contributed by atoms with Crippen LogP contribution in [0.4, 0.5) is 13.2 Å². The van der Waals surface area contributed by atoms with Gasteiger partial charge in [0.05, 0.1) is 17.4 Å². The summed E-state index contributed by atoms with van der Waals surface area (Å²) in [6, 6.07) is 12.3. The summed E-state index contributed by atoms with van der Waals surface area (Å²) in [6.07, 6.45) is -1.38. The summed E-state index contributed by atoms with van der Waals surface area (Å²) < 4.78 is 43.8. The summed E-state index contributed by atoms with van der Waals surface area (Å²) in [5, 5.41) is 1.77. The normalized spacial score (nSPS) is 12.3. The van der Waals surface area contributed by atoms with E-state index in [0.717, 1.165) is 17.7 Å². The number of ether oxygens (including phenoxy) is 1. The van der Waals surface area contributed by atoms with Crippen molar-refractivity contribution in [1.82, 2.24) is 5.32 Å². The number of hydrogen-bond donors (Lipinski definition) is 1. The first-order valence-corrected chi connectivity index (χ1v) is 9.77. The van der Waals surface area contributed by atoms with E-state index in [9.17, 15) is 22.8 Å². The van der Waals surface area contributed by atoms with E-state index in [4.69, 9.17) is 4.74 Å². The van der Waals surface area contributed by atoms with Gasteiger partial charge in [-0.2, -0.15) is 24.9 Å². The van der Waals surface area contributed by atoms with Crippen molar-refractivity contribution in [3.63, 3.8) is 0 Å². The second-order valence-electron chi connectivity index (χ2n) is 6.00. The first-order valence-electron chi connectivity index (χ1n) is 8.48. The zero-order chi connectivity index (χ0) is 20.6. The maximum Gasteiger partial charge on any atom is 0.416 e. The Morgan fingerprint density at radius 1 is 1.18 bits per heavy atom. The van der Waals surface area contributed by atoms with Crippen LogP contribution in [0, 0.1) is 0 Å². The molecule has 0 aromatic heterocycles. The van der Waals surface area contributed by atoms with Gasteiger partial charge >= 0.3 is 6.18 Å². The molecule has 0 aliphatic heterocycles. The van der Waals surface area contributed by atoms with E-state index in [-0.39, 0.29) is 17.8 Å². The zero-order valence-corrected chi connectivity index (χ0v) is 16.0. The van der Waals surface area contributed by atoms with Crippen molar-refractivity contribution >= 4 is 24.1 Å². The van der Waals surface area contributed by atoms with Crippen LogP contribution in [0.3, 0.4) is 0 Å². The summed E-state index contributed by atoms with van der Waals surface area (Å²) >= 11 is 1.35. The molecule has 1 N–H and O–H groups in total. The predicted octanol–water partition coefficient (Wildman–Crippen LogP) is 3.87. The second kappa shape index (κ2) is 10.2. The third-order valence-corrected chi connectivity index (χ3v) is 4.99. The molecule has 0 aliphatic rings. The number of imide groups is 1. The van der Waals surface area contributed by atoms with Crippen LogP contribution in [0.5, 0.6) is 5.75 Å². The van der Waals surface area contributed by atoms with Gasteiger partial charge in [-0.05, 0) is 42.0 Å². The Kier molecular flexibility index (Phi) is 7.92.